The molecule has 0 N–H and O–H groups in total. The van der Waals surface area contributed by atoms with E-state index in [1.807, 2.05) is 6.92 Å². The monoisotopic (exact) mass is 255 g/mol. The van der Waals surface area contributed by atoms with Gasteiger partial charge >= 0.3 is 0 Å². The van der Waals surface area contributed by atoms with Gasteiger partial charge in [-0.1, -0.05) is 26.2 Å². The Balaban J connectivity index is 2.08. The van der Waals surface area contributed by atoms with Crippen molar-refractivity contribution >= 4 is 24.4 Å². The summed E-state index contributed by atoms with van der Waals surface area (Å²) in [5, 5.41) is 0. The second kappa shape index (κ2) is 5.01. The topological polar surface area (TPSA) is 37.4 Å². The van der Waals surface area contributed by atoms with Crippen LogP contribution in [0.1, 0.15) is 45.4 Å². The third-order valence-electron chi connectivity index (χ3n) is 4.21. The van der Waals surface area contributed by atoms with Crippen LogP contribution >= 0.6 is 12.6 Å². The maximum Gasteiger partial charge on any atom is 0.232 e. The molecule has 1 aliphatic carbocycles. The van der Waals surface area contributed by atoms with Gasteiger partial charge in [-0.15, -0.1) is 0 Å². The Hall–Kier alpha value is -0.510. The summed E-state index contributed by atoms with van der Waals surface area (Å²) < 4.78 is 0. The third-order valence-corrected chi connectivity index (χ3v) is 4.88. The summed E-state index contributed by atoms with van der Waals surface area (Å²) in [5.41, 5.74) is 0.0801. The van der Waals surface area contributed by atoms with Crippen molar-refractivity contribution in [2.45, 2.75) is 45.4 Å². The molecule has 96 valence electrons. The zero-order valence-electron chi connectivity index (χ0n) is 10.4. The normalized spacial score (nSPS) is 28.8. The predicted molar refractivity (Wildman–Crippen MR) is 69.9 cm³/mol. The highest BCUT2D eigenvalue weighted by Gasteiger charge is 2.41. The van der Waals surface area contributed by atoms with Crippen LogP contribution in [-0.4, -0.2) is 29.0 Å². The van der Waals surface area contributed by atoms with E-state index in [-0.39, 0.29) is 23.1 Å². The van der Waals surface area contributed by atoms with Crippen molar-refractivity contribution in [1.29, 1.82) is 0 Å². The number of thiol groups is 1. The van der Waals surface area contributed by atoms with Crippen molar-refractivity contribution in [3.63, 3.8) is 0 Å². The Labute approximate surface area is 108 Å². The van der Waals surface area contributed by atoms with Gasteiger partial charge in [-0.2, -0.15) is 12.6 Å². The molecule has 0 radical (unpaired) electrons. The predicted octanol–water partition coefficient (Wildman–Crippen LogP) is 2.26. The van der Waals surface area contributed by atoms with Gasteiger partial charge in [-0.3, -0.25) is 14.5 Å². The number of carbonyl (C=O) groups excluding carboxylic acids is 2. The molecular formula is C13H21NO2S. The van der Waals surface area contributed by atoms with Crippen LogP contribution in [-0.2, 0) is 9.59 Å². The fourth-order valence-corrected chi connectivity index (χ4v) is 3.43. The van der Waals surface area contributed by atoms with Crippen LogP contribution in [0.3, 0.4) is 0 Å². The standard InChI is InChI=1S/C13H21NO2S/c1-10-7-11(15)14(12(10)16)8-13(9-17)5-3-2-4-6-13/h10,17H,2-9H2,1H3. The minimum atomic E-state index is -0.122. The van der Waals surface area contributed by atoms with Gasteiger partial charge in [-0.05, 0) is 24.0 Å². The summed E-state index contributed by atoms with van der Waals surface area (Å²) >= 11 is 4.45. The molecule has 0 bridgehead atoms. The number of nitrogens with zero attached hydrogens (tertiary/aromatic N) is 1. The highest BCUT2D eigenvalue weighted by atomic mass is 32.1. The maximum atomic E-state index is 11.9. The second-order valence-electron chi connectivity index (χ2n) is 5.64. The Bertz CT molecular complexity index is 323. The van der Waals surface area contributed by atoms with Gasteiger partial charge < -0.3 is 0 Å². The maximum absolute atomic E-state index is 11.9. The van der Waals surface area contributed by atoms with E-state index >= 15 is 0 Å². The molecule has 1 heterocycles. The van der Waals surface area contributed by atoms with E-state index in [2.05, 4.69) is 12.6 Å². The number of amides is 2. The molecule has 1 saturated heterocycles. The summed E-state index contributed by atoms with van der Waals surface area (Å²) in [5.74, 6) is 0.678. The van der Waals surface area contributed by atoms with Crippen LogP contribution < -0.4 is 0 Å². The third kappa shape index (κ3) is 2.51. The summed E-state index contributed by atoms with van der Waals surface area (Å²) in [4.78, 5) is 25.2. The molecule has 17 heavy (non-hydrogen) atoms. The van der Waals surface area contributed by atoms with Gasteiger partial charge in [-0.25, -0.2) is 0 Å². The molecule has 0 aromatic carbocycles. The van der Waals surface area contributed by atoms with E-state index in [9.17, 15) is 9.59 Å². The Morgan fingerprint density at radius 2 is 1.94 bits per heavy atom. The Morgan fingerprint density at radius 3 is 2.41 bits per heavy atom. The molecule has 4 heteroatoms. The van der Waals surface area contributed by atoms with Gasteiger partial charge in [0.15, 0.2) is 0 Å². The number of likely N-dealkylation sites (tertiary alicyclic amines) is 1. The molecule has 1 aliphatic heterocycles. The first-order chi connectivity index (χ1) is 8.08. The second-order valence-corrected chi connectivity index (χ2v) is 5.96. The number of hydrogen-bond donors (Lipinski definition) is 1. The van der Waals surface area contributed by atoms with Crippen molar-refractivity contribution < 1.29 is 9.59 Å². The highest BCUT2D eigenvalue weighted by Crippen LogP contribution is 2.39. The van der Waals surface area contributed by atoms with Crippen LogP contribution in [0.15, 0.2) is 0 Å². The van der Waals surface area contributed by atoms with Gasteiger partial charge in [0, 0.05) is 18.9 Å². The molecule has 0 aromatic heterocycles. The van der Waals surface area contributed by atoms with Crippen molar-refractivity contribution in [3.8, 4) is 0 Å². The molecule has 2 amide bonds. The minimum absolute atomic E-state index is 0.00855. The summed E-state index contributed by atoms with van der Waals surface area (Å²) in [7, 11) is 0. The smallest absolute Gasteiger partial charge is 0.232 e. The molecule has 1 unspecified atom stereocenters. The average Bonchev–Trinajstić information content (AvgIpc) is 2.57. The zero-order chi connectivity index (χ0) is 12.5. The average molecular weight is 255 g/mol. The number of rotatable bonds is 3. The lowest BCUT2D eigenvalue weighted by atomic mass is 9.75. The fraction of sp³-hybridized carbons (Fsp3) is 0.846. The van der Waals surface area contributed by atoms with E-state index in [1.165, 1.54) is 24.2 Å². The van der Waals surface area contributed by atoms with Crippen LogP contribution in [0.25, 0.3) is 0 Å². The van der Waals surface area contributed by atoms with Crippen molar-refractivity contribution in [1.82, 2.24) is 4.90 Å². The van der Waals surface area contributed by atoms with Crippen LogP contribution in [0.2, 0.25) is 0 Å². The van der Waals surface area contributed by atoms with Crippen LogP contribution in [0.5, 0.6) is 0 Å². The fourth-order valence-electron chi connectivity index (χ4n) is 3.02. The summed E-state index contributed by atoms with van der Waals surface area (Å²) in [6, 6.07) is 0. The molecule has 0 aromatic rings. The largest absolute Gasteiger partial charge is 0.282 e. The number of carbonyl (C=O) groups is 2. The first-order valence-electron chi connectivity index (χ1n) is 6.53. The van der Waals surface area contributed by atoms with Crippen molar-refractivity contribution in [2.24, 2.45) is 11.3 Å². The van der Waals surface area contributed by atoms with E-state index < -0.39 is 0 Å². The lowest BCUT2D eigenvalue weighted by Crippen LogP contribution is -2.43. The number of hydrogen-bond acceptors (Lipinski definition) is 3. The molecule has 1 saturated carbocycles. The molecule has 2 aliphatic rings. The van der Waals surface area contributed by atoms with Gasteiger partial charge in [0.1, 0.15) is 0 Å². The Morgan fingerprint density at radius 1 is 1.29 bits per heavy atom. The summed E-state index contributed by atoms with van der Waals surface area (Å²) in [6.45, 7) is 2.44. The summed E-state index contributed by atoms with van der Waals surface area (Å²) in [6.07, 6.45) is 6.26. The number of imide groups is 1. The van der Waals surface area contributed by atoms with Crippen molar-refractivity contribution in [3.05, 3.63) is 0 Å². The quantitative estimate of drug-likeness (QED) is 0.620. The van der Waals surface area contributed by atoms with Crippen LogP contribution in [0, 0.1) is 11.3 Å². The zero-order valence-corrected chi connectivity index (χ0v) is 11.3. The van der Waals surface area contributed by atoms with E-state index in [0.29, 0.717) is 13.0 Å². The molecule has 0 spiro atoms. The van der Waals surface area contributed by atoms with E-state index in [1.54, 1.807) is 0 Å². The molecule has 1 atom stereocenters. The van der Waals surface area contributed by atoms with E-state index in [0.717, 1.165) is 18.6 Å². The molecular weight excluding hydrogens is 234 g/mol. The lowest BCUT2D eigenvalue weighted by molar-refractivity contribution is -0.141. The van der Waals surface area contributed by atoms with Gasteiger partial charge in [0.05, 0.1) is 0 Å². The minimum Gasteiger partial charge on any atom is -0.282 e. The first kappa shape index (κ1) is 12.9. The highest BCUT2D eigenvalue weighted by molar-refractivity contribution is 7.80. The van der Waals surface area contributed by atoms with E-state index in [4.69, 9.17) is 0 Å². The van der Waals surface area contributed by atoms with Crippen molar-refractivity contribution in [2.75, 3.05) is 12.3 Å². The lowest BCUT2D eigenvalue weighted by Gasteiger charge is -2.38. The SMILES string of the molecule is CC1CC(=O)N(CC2(CS)CCCCC2)C1=O. The van der Waals surface area contributed by atoms with Gasteiger partial charge in [0.25, 0.3) is 0 Å². The molecule has 3 nitrogen and oxygen atoms in total. The molecule has 2 fully saturated rings. The Kier molecular flexibility index (Phi) is 3.81. The molecule has 2 rings (SSSR count). The van der Waals surface area contributed by atoms with Crippen LogP contribution in [0.4, 0.5) is 0 Å². The first-order valence-corrected chi connectivity index (χ1v) is 7.16. The van der Waals surface area contributed by atoms with Gasteiger partial charge in [0.2, 0.25) is 11.8 Å².